The Bertz CT molecular complexity index is 785. The van der Waals surface area contributed by atoms with Gasteiger partial charge in [-0.3, -0.25) is 0 Å². The van der Waals surface area contributed by atoms with Crippen LogP contribution < -0.4 is 4.74 Å². The molecule has 29 heavy (non-hydrogen) atoms. The molecule has 1 aliphatic heterocycles. The largest absolute Gasteiger partial charge is 0.507 e. The molecule has 0 amide bonds. The number of phenols is 1. The predicted molar refractivity (Wildman–Crippen MR) is 114 cm³/mol. The third-order valence-corrected chi connectivity index (χ3v) is 5.49. The lowest BCUT2D eigenvalue weighted by Gasteiger charge is -2.18. The molecule has 0 fully saturated rings. The van der Waals surface area contributed by atoms with Crippen molar-refractivity contribution in [2.45, 2.75) is 77.4 Å². The molecular weight excluding hydrogens is 364 g/mol. The molecule has 0 aliphatic carbocycles. The molecule has 0 unspecified atom stereocenters. The van der Waals surface area contributed by atoms with Crippen molar-refractivity contribution in [1.82, 2.24) is 0 Å². The lowest BCUT2D eigenvalue weighted by Crippen LogP contribution is -2.17. The SMILES string of the molecule is C[C@@H]1CCCCCCCCCc2cc(OCc3ccccc3)cc(O)c2C(=O)O1. The van der Waals surface area contributed by atoms with E-state index >= 15 is 0 Å². The van der Waals surface area contributed by atoms with Gasteiger partial charge in [0.1, 0.15) is 23.7 Å². The smallest absolute Gasteiger partial charge is 0.342 e. The molecule has 3 rings (SSSR count). The van der Waals surface area contributed by atoms with Gasteiger partial charge in [-0.2, -0.15) is 0 Å². The van der Waals surface area contributed by atoms with E-state index < -0.39 is 5.97 Å². The molecule has 4 heteroatoms. The molecule has 2 aromatic rings. The van der Waals surface area contributed by atoms with E-state index in [2.05, 4.69) is 0 Å². The number of aromatic hydroxyl groups is 1. The quantitative estimate of drug-likeness (QED) is 0.628. The van der Waals surface area contributed by atoms with Gasteiger partial charge in [0.2, 0.25) is 0 Å². The van der Waals surface area contributed by atoms with Gasteiger partial charge in [0.05, 0.1) is 6.10 Å². The molecule has 1 atom stereocenters. The highest BCUT2D eigenvalue weighted by atomic mass is 16.5. The van der Waals surface area contributed by atoms with E-state index in [1.165, 1.54) is 31.7 Å². The van der Waals surface area contributed by atoms with Gasteiger partial charge in [-0.25, -0.2) is 4.79 Å². The average Bonchev–Trinajstić information content (AvgIpc) is 2.71. The van der Waals surface area contributed by atoms with Crippen LogP contribution in [0.2, 0.25) is 0 Å². The van der Waals surface area contributed by atoms with E-state index in [1.54, 1.807) is 0 Å². The van der Waals surface area contributed by atoms with Crippen molar-refractivity contribution in [3.8, 4) is 11.5 Å². The summed E-state index contributed by atoms with van der Waals surface area (Å²) in [6.07, 6.45) is 9.53. The number of hydrogen-bond donors (Lipinski definition) is 1. The Morgan fingerprint density at radius 2 is 1.69 bits per heavy atom. The molecule has 0 aromatic heterocycles. The number of phenolic OH excluding ortho intramolecular Hbond substituents is 1. The summed E-state index contributed by atoms with van der Waals surface area (Å²) in [5, 5.41) is 10.6. The monoisotopic (exact) mass is 396 g/mol. The predicted octanol–water partition coefficient (Wildman–Crippen LogP) is 6.19. The number of hydrogen-bond acceptors (Lipinski definition) is 4. The number of benzene rings is 2. The molecule has 156 valence electrons. The highest BCUT2D eigenvalue weighted by Crippen LogP contribution is 2.31. The third kappa shape index (κ3) is 6.52. The maximum Gasteiger partial charge on any atom is 0.342 e. The number of aryl methyl sites for hydroxylation is 1. The Hall–Kier alpha value is -2.49. The summed E-state index contributed by atoms with van der Waals surface area (Å²) in [6, 6.07) is 13.3. The molecular formula is C25H32O4. The Balaban J connectivity index is 1.79. The van der Waals surface area contributed by atoms with Crippen LogP contribution in [0.1, 0.15) is 79.8 Å². The fourth-order valence-corrected chi connectivity index (χ4v) is 3.85. The van der Waals surface area contributed by atoms with Crippen LogP contribution in [-0.2, 0) is 17.8 Å². The molecule has 0 spiro atoms. The minimum absolute atomic E-state index is 0.0603. The van der Waals surface area contributed by atoms with E-state index in [-0.39, 0.29) is 11.9 Å². The first-order chi connectivity index (χ1) is 14.1. The molecule has 0 saturated heterocycles. The van der Waals surface area contributed by atoms with Crippen molar-refractivity contribution >= 4 is 5.97 Å². The molecule has 1 heterocycles. The molecule has 0 radical (unpaired) electrons. The zero-order valence-electron chi connectivity index (χ0n) is 17.4. The van der Waals surface area contributed by atoms with Gasteiger partial charge in [0.25, 0.3) is 0 Å². The standard InChI is InChI=1S/C25H32O4/c1-19-12-8-5-3-2-4-6-11-15-21-16-22(17-23(26)24(21)25(27)29-19)28-18-20-13-9-7-10-14-20/h7,9-10,13-14,16-17,19,26H,2-6,8,11-12,15,18H2,1H3/t19-/m1/s1. The van der Waals surface area contributed by atoms with Crippen LogP contribution in [0.5, 0.6) is 11.5 Å². The van der Waals surface area contributed by atoms with Crippen LogP contribution in [0.4, 0.5) is 0 Å². The van der Waals surface area contributed by atoms with E-state index in [1.807, 2.05) is 43.3 Å². The lowest BCUT2D eigenvalue weighted by molar-refractivity contribution is 0.0314. The summed E-state index contributed by atoms with van der Waals surface area (Å²) in [4.78, 5) is 12.8. The Morgan fingerprint density at radius 3 is 2.45 bits per heavy atom. The number of cyclic esters (lactones) is 1. The van der Waals surface area contributed by atoms with Gasteiger partial charge in [-0.05, 0) is 49.8 Å². The molecule has 1 aliphatic rings. The van der Waals surface area contributed by atoms with Gasteiger partial charge >= 0.3 is 5.97 Å². The second kappa shape index (κ2) is 10.9. The second-order valence-corrected chi connectivity index (χ2v) is 7.98. The number of carbonyl (C=O) groups excluding carboxylic acids is 1. The molecule has 2 aromatic carbocycles. The summed E-state index contributed by atoms with van der Waals surface area (Å²) in [7, 11) is 0. The van der Waals surface area contributed by atoms with Crippen molar-refractivity contribution < 1.29 is 19.4 Å². The van der Waals surface area contributed by atoms with E-state index in [9.17, 15) is 9.90 Å². The van der Waals surface area contributed by atoms with Crippen molar-refractivity contribution in [3.63, 3.8) is 0 Å². The van der Waals surface area contributed by atoms with Crippen molar-refractivity contribution in [2.24, 2.45) is 0 Å². The lowest BCUT2D eigenvalue weighted by atomic mass is 9.98. The van der Waals surface area contributed by atoms with Gasteiger partial charge in [-0.15, -0.1) is 0 Å². The van der Waals surface area contributed by atoms with Crippen molar-refractivity contribution in [3.05, 3.63) is 59.2 Å². The third-order valence-electron chi connectivity index (χ3n) is 5.49. The van der Waals surface area contributed by atoms with Gasteiger partial charge in [-0.1, -0.05) is 62.4 Å². The van der Waals surface area contributed by atoms with Gasteiger partial charge in [0.15, 0.2) is 0 Å². The Kier molecular flexibility index (Phi) is 7.97. The molecule has 1 N–H and O–H groups in total. The molecule has 0 bridgehead atoms. The molecule has 0 saturated carbocycles. The van der Waals surface area contributed by atoms with Crippen LogP contribution in [0.3, 0.4) is 0 Å². The van der Waals surface area contributed by atoms with Crippen LogP contribution in [0.15, 0.2) is 42.5 Å². The zero-order valence-corrected chi connectivity index (χ0v) is 17.4. The minimum atomic E-state index is -0.434. The summed E-state index contributed by atoms with van der Waals surface area (Å²) in [6.45, 7) is 2.35. The Morgan fingerprint density at radius 1 is 1.00 bits per heavy atom. The first kappa shape index (κ1) is 21.2. The maximum atomic E-state index is 12.8. The summed E-state index contributed by atoms with van der Waals surface area (Å²) >= 11 is 0. The topological polar surface area (TPSA) is 55.8 Å². The van der Waals surface area contributed by atoms with Crippen LogP contribution in [0.25, 0.3) is 0 Å². The maximum absolute atomic E-state index is 12.8. The first-order valence-corrected chi connectivity index (χ1v) is 10.9. The second-order valence-electron chi connectivity index (χ2n) is 7.98. The number of rotatable bonds is 3. The van der Waals surface area contributed by atoms with Crippen LogP contribution in [0, 0.1) is 0 Å². The van der Waals surface area contributed by atoms with Gasteiger partial charge < -0.3 is 14.6 Å². The number of esters is 1. The number of ether oxygens (including phenoxy) is 2. The first-order valence-electron chi connectivity index (χ1n) is 10.9. The van der Waals surface area contributed by atoms with Crippen LogP contribution >= 0.6 is 0 Å². The summed E-state index contributed by atoms with van der Waals surface area (Å²) in [5.41, 5.74) is 2.16. The summed E-state index contributed by atoms with van der Waals surface area (Å²) in [5.74, 6) is 0.0820. The Labute approximate surface area is 173 Å². The van der Waals surface area contributed by atoms with Crippen LogP contribution in [-0.4, -0.2) is 17.2 Å². The normalized spacial score (nSPS) is 18.9. The minimum Gasteiger partial charge on any atom is -0.507 e. The summed E-state index contributed by atoms with van der Waals surface area (Å²) < 4.78 is 11.5. The van der Waals surface area contributed by atoms with Gasteiger partial charge in [0, 0.05) is 6.07 Å². The van der Waals surface area contributed by atoms with Crippen molar-refractivity contribution in [2.75, 3.05) is 0 Å². The van der Waals surface area contributed by atoms with E-state index in [0.29, 0.717) is 17.9 Å². The van der Waals surface area contributed by atoms with E-state index in [0.717, 1.165) is 43.2 Å². The number of fused-ring (bicyclic) bond motifs is 1. The molecule has 4 nitrogen and oxygen atoms in total. The fourth-order valence-electron chi connectivity index (χ4n) is 3.85. The highest BCUT2D eigenvalue weighted by Gasteiger charge is 2.22. The fraction of sp³-hybridized carbons (Fsp3) is 0.480. The number of carbonyl (C=O) groups is 1. The average molecular weight is 397 g/mol. The van der Waals surface area contributed by atoms with Crippen molar-refractivity contribution in [1.29, 1.82) is 0 Å². The highest BCUT2D eigenvalue weighted by molar-refractivity contribution is 5.94. The zero-order chi connectivity index (χ0) is 20.5. The van der Waals surface area contributed by atoms with E-state index in [4.69, 9.17) is 9.47 Å².